The number of thioether (sulfide) groups is 1. The summed E-state index contributed by atoms with van der Waals surface area (Å²) in [5.74, 6) is 2.71. The summed E-state index contributed by atoms with van der Waals surface area (Å²) in [6.45, 7) is 9.70. The highest BCUT2D eigenvalue weighted by Gasteiger charge is 2.39. The lowest BCUT2D eigenvalue weighted by Gasteiger charge is -2.35. The minimum absolute atomic E-state index is 0.0277. The van der Waals surface area contributed by atoms with E-state index in [1.165, 1.54) is 25.0 Å². The molecule has 0 spiro atoms. The molecule has 3 atom stereocenters. The molecule has 3 unspecified atom stereocenters. The molecular formula is C29H42N6O4S. The number of anilines is 2. The number of nitrogens with zero attached hydrogens (tertiary/aromatic N) is 5. The maximum atomic E-state index is 12.9. The van der Waals surface area contributed by atoms with E-state index in [2.05, 4.69) is 16.3 Å². The number of allylic oxidation sites excluding steroid dienone is 2. The number of methoxy groups -OCH3 is 1. The molecule has 2 saturated heterocycles. The zero-order valence-electron chi connectivity index (χ0n) is 24.1. The van der Waals surface area contributed by atoms with Gasteiger partial charge in [0.05, 0.1) is 25.9 Å². The number of aromatic nitrogens is 2. The highest BCUT2D eigenvalue weighted by molar-refractivity contribution is 8.01. The van der Waals surface area contributed by atoms with Gasteiger partial charge in [-0.15, -0.1) is 11.8 Å². The number of nitrogens with one attached hydrogen (secondary N) is 1. The average Bonchev–Trinajstić information content (AvgIpc) is 3.71. The number of aliphatic imine (C=N–C) groups is 1. The predicted molar refractivity (Wildman–Crippen MR) is 158 cm³/mol. The van der Waals surface area contributed by atoms with Crippen LogP contribution in [-0.4, -0.2) is 90.1 Å². The van der Waals surface area contributed by atoms with E-state index in [-0.39, 0.29) is 17.5 Å². The largest absolute Gasteiger partial charge is 0.481 e. The van der Waals surface area contributed by atoms with Crippen molar-refractivity contribution in [2.75, 3.05) is 56.7 Å². The van der Waals surface area contributed by atoms with Crippen LogP contribution in [0.2, 0.25) is 0 Å². The van der Waals surface area contributed by atoms with Gasteiger partial charge in [-0.3, -0.25) is 4.99 Å². The summed E-state index contributed by atoms with van der Waals surface area (Å²) >= 11 is 1.87. The van der Waals surface area contributed by atoms with Gasteiger partial charge in [0.2, 0.25) is 11.8 Å². The molecular weight excluding hydrogens is 528 g/mol. The number of ether oxygens (including phenoxy) is 3. The Bertz CT molecular complexity index is 1170. The molecule has 1 aromatic rings. The maximum Gasteiger partial charge on any atom is 0.410 e. The Hall–Kier alpha value is -2.53. The van der Waals surface area contributed by atoms with E-state index in [0.717, 1.165) is 49.7 Å². The normalized spacial score (nSPS) is 27.1. The molecule has 1 amide bonds. The zero-order valence-corrected chi connectivity index (χ0v) is 25.0. The molecule has 10 nitrogen and oxygen atoms in total. The Morgan fingerprint density at radius 1 is 1.12 bits per heavy atom. The lowest BCUT2D eigenvalue weighted by atomic mass is 9.94. The summed E-state index contributed by atoms with van der Waals surface area (Å²) in [5, 5.41) is 3.96. The summed E-state index contributed by atoms with van der Waals surface area (Å²) in [6, 6.07) is 0.0277. The van der Waals surface area contributed by atoms with Gasteiger partial charge in [0.25, 0.3) is 0 Å². The van der Waals surface area contributed by atoms with E-state index in [9.17, 15) is 4.79 Å². The predicted octanol–water partition coefficient (Wildman–Crippen LogP) is 4.82. The number of likely N-dealkylation sites (tertiary alicyclic amines) is 1. The number of fused-ring (bicyclic) bond motifs is 1. The molecule has 0 aromatic carbocycles. The molecule has 11 heteroatoms. The second-order valence-electron chi connectivity index (χ2n) is 12.4. The summed E-state index contributed by atoms with van der Waals surface area (Å²) < 4.78 is 17.2. The van der Waals surface area contributed by atoms with Crippen molar-refractivity contribution in [3.05, 3.63) is 17.2 Å². The van der Waals surface area contributed by atoms with E-state index in [0.29, 0.717) is 43.4 Å². The first kappa shape index (κ1) is 27.6. The second-order valence-corrected chi connectivity index (χ2v) is 13.7. The number of hydrogen-bond donors (Lipinski definition) is 1. The number of hydrogen-bond acceptors (Lipinski definition) is 10. The van der Waals surface area contributed by atoms with Gasteiger partial charge >= 0.3 is 6.09 Å². The molecule has 40 heavy (non-hydrogen) atoms. The summed E-state index contributed by atoms with van der Waals surface area (Å²) in [5.41, 5.74) is 3.13. The van der Waals surface area contributed by atoms with Crippen molar-refractivity contribution in [3.8, 4) is 5.88 Å². The number of rotatable bonds is 6. The fourth-order valence-electron chi connectivity index (χ4n) is 5.90. The first-order chi connectivity index (χ1) is 19.3. The van der Waals surface area contributed by atoms with Crippen LogP contribution in [0.4, 0.5) is 16.6 Å². The van der Waals surface area contributed by atoms with Crippen LogP contribution in [0.5, 0.6) is 5.88 Å². The lowest BCUT2D eigenvalue weighted by molar-refractivity contribution is 0.0206. The number of amides is 1. The van der Waals surface area contributed by atoms with E-state index in [4.69, 9.17) is 29.2 Å². The fraction of sp³-hybridized carbons (Fsp3) is 0.724. The van der Waals surface area contributed by atoms with Gasteiger partial charge in [-0.1, -0.05) is 5.57 Å². The third-order valence-electron chi connectivity index (χ3n) is 8.07. The topological polar surface area (TPSA) is 101 Å². The highest BCUT2D eigenvalue weighted by atomic mass is 32.2. The minimum Gasteiger partial charge on any atom is -0.481 e. The Balaban J connectivity index is 1.30. The molecule has 1 saturated carbocycles. The number of morpholine rings is 1. The van der Waals surface area contributed by atoms with Gasteiger partial charge in [-0.05, 0) is 71.3 Å². The second kappa shape index (κ2) is 11.4. The Morgan fingerprint density at radius 3 is 2.65 bits per heavy atom. The average molecular weight is 571 g/mol. The lowest BCUT2D eigenvalue weighted by Crippen LogP contribution is -2.47. The van der Waals surface area contributed by atoms with Gasteiger partial charge in [0.1, 0.15) is 16.8 Å². The molecule has 2 aliphatic carbocycles. The molecule has 5 aliphatic rings. The monoisotopic (exact) mass is 570 g/mol. The first-order valence-corrected chi connectivity index (χ1v) is 15.7. The van der Waals surface area contributed by atoms with Crippen molar-refractivity contribution in [1.82, 2.24) is 14.9 Å². The summed E-state index contributed by atoms with van der Waals surface area (Å²) in [7, 11) is 1.68. The van der Waals surface area contributed by atoms with E-state index in [1.807, 2.05) is 32.5 Å². The third-order valence-corrected chi connectivity index (χ3v) is 9.47. The van der Waals surface area contributed by atoms with Crippen LogP contribution in [0, 0.1) is 5.92 Å². The van der Waals surface area contributed by atoms with Crippen LogP contribution in [0.1, 0.15) is 70.2 Å². The number of carbonyl (C=O) groups excluding carboxylic acids is 1. The van der Waals surface area contributed by atoms with E-state index >= 15 is 0 Å². The zero-order chi connectivity index (χ0) is 27.9. The maximum absolute atomic E-state index is 12.9. The number of piperidine rings is 1. The van der Waals surface area contributed by atoms with E-state index in [1.54, 1.807) is 17.6 Å². The molecule has 218 valence electrons. The van der Waals surface area contributed by atoms with Crippen LogP contribution in [0.15, 0.2) is 16.6 Å². The smallest absolute Gasteiger partial charge is 0.410 e. The SMILES string of the molecule is COc1nc(N2CCOCC2)nc(NC2CCCN(C(=O)OC(C)(C)C)C2)c1C1N=C2C=C(C3CC3)CCC2S1. The summed E-state index contributed by atoms with van der Waals surface area (Å²) in [4.78, 5) is 32.0. The van der Waals surface area contributed by atoms with Crippen molar-refractivity contribution in [2.45, 2.75) is 81.6 Å². The van der Waals surface area contributed by atoms with Crippen LogP contribution in [-0.2, 0) is 9.47 Å². The summed E-state index contributed by atoms with van der Waals surface area (Å²) in [6.07, 6.45) is 8.86. The molecule has 6 rings (SSSR count). The molecule has 1 N–H and O–H groups in total. The van der Waals surface area contributed by atoms with Crippen molar-refractivity contribution < 1.29 is 19.0 Å². The van der Waals surface area contributed by atoms with Gasteiger partial charge in [-0.2, -0.15) is 9.97 Å². The minimum atomic E-state index is -0.527. The standard InChI is InChI=1S/C29H42N6O4S/c1-29(2,3)39-28(36)35-11-5-6-20(17-35)30-24-23(25(37-4)33-27(32-24)34-12-14-38-15-13-34)26-31-21-16-19(18-7-8-18)9-10-22(21)40-26/h16,18,20,22,26H,5-15,17H2,1-4H3,(H,30,32,33). The number of carbonyl (C=O) groups is 1. The Morgan fingerprint density at radius 2 is 1.93 bits per heavy atom. The highest BCUT2D eigenvalue weighted by Crippen LogP contribution is 2.51. The molecule has 1 aromatic heterocycles. The van der Waals surface area contributed by atoms with Crippen molar-refractivity contribution in [3.63, 3.8) is 0 Å². The van der Waals surface area contributed by atoms with E-state index < -0.39 is 5.60 Å². The first-order valence-electron chi connectivity index (χ1n) is 14.7. The van der Waals surface area contributed by atoms with Crippen LogP contribution >= 0.6 is 11.8 Å². The van der Waals surface area contributed by atoms with Crippen LogP contribution in [0.25, 0.3) is 0 Å². The molecule has 4 heterocycles. The molecule has 0 bridgehead atoms. The molecule has 3 aliphatic heterocycles. The Kier molecular flexibility index (Phi) is 7.87. The molecule has 3 fully saturated rings. The van der Waals surface area contributed by atoms with Gasteiger partial charge in [0, 0.05) is 43.2 Å². The van der Waals surface area contributed by atoms with Crippen LogP contribution in [0.3, 0.4) is 0 Å². The van der Waals surface area contributed by atoms with Gasteiger partial charge in [-0.25, -0.2) is 4.79 Å². The quantitative estimate of drug-likeness (QED) is 0.516. The van der Waals surface area contributed by atoms with Crippen LogP contribution < -0.4 is 15.0 Å². The van der Waals surface area contributed by atoms with Crippen molar-refractivity contribution in [1.29, 1.82) is 0 Å². The third kappa shape index (κ3) is 6.20. The van der Waals surface area contributed by atoms with Gasteiger partial charge < -0.3 is 29.3 Å². The van der Waals surface area contributed by atoms with Gasteiger partial charge in [0.15, 0.2) is 0 Å². The molecule has 0 radical (unpaired) electrons. The van der Waals surface area contributed by atoms with Crippen molar-refractivity contribution >= 4 is 35.3 Å². The Labute approximate surface area is 241 Å². The fourth-order valence-corrected chi connectivity index (χ4v) is 7.26. The van der Waals surface area contributed by atoms with Crippen molar-refractivity contribution in [2.24, 2.45) is 10.9 Å².